The highest BCUT2D eigenvalue weighted by Gasteiger charge is 2.42. The fourth-order valence-electron chi connectivity index (χ4n) is 8.69. The summed E-state index contributed by atoms with van der Waals surface area (Å²) in [6.45, 7) is 16.1. The Bertz CT molecular complexity index is 2880. The number of benzene rings is 3. The molecule has 5 heterocycles. The number of nitrogens with one attached hydrogen (secondary N) is 2. The number of hydrogen-bond donors (Lipinski definition) is 2. The van der Waals surface area contributed by atoms with Crippen molar-refractivity contribution in [1.29, 1.82) is 0 Å². The number of likely N-dealkylation sites (tertiary alicyclic amines) is 1. The van der Waals surface area contributed by atoms with E-state index >= 15 is 0 Å². The second kappa shape index (κ2) is 18.7. The molecule has 0 radical (unpaired) electrons. The molecule has 2 N–H and O–H groups in total. The third kappa shape index (κ3) is 9.08. The molecule has 6 aromatic rings. The van der Waals surface area contributed by atoms with Crippen LogP contribution in [0, 0.1) is 33.1 Å². The number of hydrogen-bond acceptors (Lipinski definition) is 11. The number of carbonyl (C=O) groups is 4. The number of aromatic nitrogens is 4. The minimum Gasteiger partial charge on any atom is -0.469 e. The SMILES string of the molecule is COC(=O)CC1N=C(c2ccc(-c3ccc(C(=O)NC(C(=O)N4CCCC4C(=O)NC(C)c4ccc(-c5scnc5C)cc4)C(C)(C)C)cc3Cl)cc2)c2c(sc(C)c2C)-n2c(C)nnc21. The van der Waals surface area contributed by atoms with Crippen LogP contribution in [0.1, 0.15) is 114 Å². The Morgan fingerprint density at radius 1 is 0.924 bits per heavy atom. The van der Waals surface area contributed by atoms with Crippen LogP contribution in [0.5, 0.6) is 0 Å². The molecule has 2 aliphatic rings. The molecule has 66 heavy (non-hydrogen) atoms. The van der Waals surface area contributed by atoms with Gasteiger partial charge in [-0.25, -0.2) is 4.98 Å². The number of ether oxygens (including phenoxy) is 1. The number of esters is 1. The predicted octanol–water partition coefficient (Wildman–Crippen LogP) is 9.47. The zero-order chi connectivity index (χ0) is 47.2. The van der Waals surface area contributed by atoms with Crippen molar-refractivity contribution in [2.24, 2.45) is 10.4 Å². The van der Waals surface area contributed by atoms with E-state index in [1.165, 1.54) is 7.11 Å². The van der Waals surface area contributed by atoms with Gasteiger partial charge in [-0.05, 0) is 87.3 Å². The molecule has 3 aromatic heterocycles. The number of thiophene rings is 1. The van der Waals surface area contributed by atoms with Gasteiger partial charge in [-0.2, -0.15) is 0 Å². The highest BCUT2D eigenvalue weighted by Crippen LogP contribution is 2.40. The molecule has 13 nitrogen and oxygen atoms in total. The van der Waals surface area contributed by atoms with Crippen LogP contribution in [-0.2, 0) is 19.1 Å². The monoisotopic (exact) mass is 944 g/mol. The Hall–Kier alpha value is -6.03. The van der Waals surface area contributed by atoms with Crippen LogP contribution in [0.15, 0.2) is 77.2 Å². The zero-order valence-electron chi connectivity index (χ0n) is 38.5. The van der Waals surface area contributed by atoms with Crippen molar-refractivity contribution in [3.63, 3.8) is 0 Å². The Morgan fingerprint density at radius 2 is 1.62 bits per heavy atom. The average Bonchev–Trinajstić information content (AvgIpc) is 4.09. The van der Waals surface area contributed by atoms with Gasteiger partial charge in [0, 0.05) is 38.7 Å². The van der Waals surface area contributed by atoms with Crippen molar-refractivity contribution >= 4 is 63.7 Å². The first kappa shape index (κ1) is 46.5. The molecule has 342 valence electrons. The maximum absolute atomic E-state index is 14.4. The van der Waals surface area contributed by atoms with Crippen LogP contribution in [0.2, 0.25) is 5.02 Å². The zero-order valence-corrected chi connectivity index (χ0v) is 40.9. The third-order valence-electron chi connectivity index (χ3n) is 12.5. The summed E-state index contributed by atoms with van der Waals surface area (Å²) in [5.41, 5.74) is 9.62. The standard InChI is InChI=1S/C50H53ClN8O5S2/c1-26-29(4)66-49-41(26)42(54-38(24-40(60)64-9)45-57-56-30(5)59(45)49)33-16-14-32(15-17-33)36-21-20-35(23-37(36)51)46(61)55-44(50(6,7)8)48(63)58-22-10-11-39(58)47(62)53-27(2)31-12-18-34(19-13-31)43-28(3)52-25-65-43/h12-21,23,25,27,38-39,44H,10-11,22,24H2,1-9H3,(H,53,62)(H,55,61). The first-order valence-electron chi connectivity index (χ1n) is 21.9. The summed E-state index contributed by atoms with van der Waals surface area (Å²) in [6, 6.07) is 18.6. The van der Waals surface area contributed by atoms with E-state index in [0.29, 0.717) is 47.2 Å². The van der Waals surface area contributed by atoms with Crippen molar-refractivity contribution in [3.8, 4) is 26.6 Å². The molecule has 4 atom stereocenters. The summed E-state index contributed by atoms with van der Waals surface area (Å²) in [5.74, 6) is -0.100. The number of thiazole rings is 1. The Kier molecular flexibility index (Phi) is 13.2. The number of halogens is 1. The van der Waals surface area contributed by atoms with Crippen LogP contribution >= 0.6 is 34.3 Å². The smallest absolute Gasteiger partial charge is 0.308 e. The predicted molar refractivity (Wildman–Crippen MR) is 260 cm³/mol. The van der Waals surface area contributed by atoms with Crippen LogP contribution in [0.3, 0.4) is 0 Å². The molecule has 0 saturated carbocycles. The maximum Gasteiger partial charge on any atom is 0.308 e. The van der Waals surface area contributed by atoms with Gasteiger partial charge in [0.1, 0.15) is 29.0 Å². The molecule has 4 unspecified atom stereocenters. The number of carbonyl (C=O) groups excluding carboxylic acids is 4. The van der Waals surface area contributed by atoms with Crippen molar-refractivity contribution in [2.75, 3.05) is 13.7 Å². The van der Waals surface area contributed by atoms with Gasteiger partial charge in [0.05, 0.1) is 41.4 Å². The van der Waals surface area contributed by atoms with E-state index in [1.54, 1.807) is 45.8 Å². The topological polar surface area (TPSA) is 161 Å². The Morgan fingerprint density at radius 3 is 2.27 bits per heavy atom. The fourth-order valence-corrected chi connectivity index (χ4v) is 11.0. The van der Waals surface area contributed by atoms with Gasteiger partial charge in [0.25, 0.3) is 5.91 Å². The van der Waals surface area contributed by atoms with E-state index in [1.807, 2.05) is 100 Å². The summed E-state index contributed by atoms with van der Waals surface area (Å²) in [4.78, 5) is 68.1. The van der Waals surface area contributed by atoms with Gasteiger partial charge in [-0.3, -0.25) is 28.7 Å². The summed E-state index contributed by atoms with van der Waals surface area (Å²) >= 11 is 10.2. The van der Waals surface area contributed by atoms with Crippen LogP contribution in [-0.4, -0.2) is 79.8 Å². The Balaban J connectivity index is 0.973. The molecular formula is C50H53ClN8O5S2. The van der Waals surface area contributed by atoms with Gasteiger partial charge in [0.2, 0.25) is 11.8 Å². The number of nitrogens with zero attached hydrogens (tertiary/aromatic N) is 6. The van der Waals surface area contributed by atoms with Crippen molar-refractivity contribution < 1.29 is 23.9 Å². The number of aryl methyl sites for hydroxylation is 3. The highest BCUT2D eigenvalue weighted by molar-refractivity contribution is 7.15. The summed E-state index contributed by atoms with van der Waals surface area (Å²) < 4.78 is 7.03. The van der Waals surface area contributed by atoms with Crippen LogP contribution in [0.4, 0.5) is 0 Å². The van der Waals surface area contributed by atoms with E-state index in [2.05, 4.69) is 39.7 Å². The van der Waals surface area contributed by atoms with Crippen molar-refractivity contribution in [2.45, 2.75) is 98.8 Å². The van der Waals surface area contributed by atoms with Crippen LogP contribution < -0.4 is 10.6 Å². The number of methoxy groups -OCH3 is 1. The van der Waals surface area contributed by atoms with E-state index in [0.717, 1.165) is 59.5 Å². The van der Waals surface area contributed by atoms with Gasteiger partial charge in [0.15, 0.2) is 5.82 Å². The summed E-state index contributed by atoms with van der Waals surface area (Å²) in [6.07, 6.45) is 1.20. The molecule has 3 amide bonds. The minimum atomic E-state index is -0.917. The maximum atomic E-state index is 14.4. The quantitative estimate of drug-likeness (QED) is 0.122. The molecule has 16 heteroatoms. The molecule has 0 bridgehead atoms. The molecule has 2 aliphatic heterocycles. The van der Waals surface area contributed by atoms with Gasteiger partial charge in [-0.1, -0.05) is 87.0 Å². The molecule has 3 aromatic carbocycles. The minimum absolute atomic E-state index is 0.00419. The fraction of sp³-hybridized carbons (Fsp3) is 0.360. The van der Waals surface area contributed by atoms with Gasteiger partial charge < -0.3 is 20.3 Å². The molecule has 1 saturated heterocycles. The molecule has 1 fully saturated rings. The molecular weight excluding hydrogens is 892 g/mol. The number of aliphatic imine (C=N–C) groups is 1. The molecule has 0 spiro atoms. The second-order valence-electron chi connectivity index (χ2n) is 18.0. The second-order valence-corrected chi connectivity index (χ2v) is 20.5. The average molecular weight is 946 g/mol. The molecule has 0 aliphatic carbocycles. The third-order valence-corrected chi connectivity index (χ3v) is 15.0. The first-order chi connectivity index (χ1) is 31.4. The molecule has 8 rings (SSSR count). The summed E-state index contributed by atoms with van der Waals surface area (Å²) in [5, 5.41) is 16.2. The number of rotatable bonds is 11. The van der Waals surface area contributed by atoms with E-state index < -0.39 is 35.4 Å². The lowest BCUT2D eigenvalue weighted by Crippen LogP contribution is -2.57. The van der Waals surface area contributed by atoms with Crippen molar-refractivity contribution in [3.05, 3.63) is 127 Å². The highest BCUT2D eigenvalue weighted by atomic mass is 35.5. The van der Waals surface area contributed by atoms with Gasteiger partial charge >= 0.3 is 5.97 Å². The van der Waals surface area contributed by atoms with E-state index in [9.17, 15) is 19.2 Å². The van der Waals surface area contributed by atoms with Crippen molar-refractivity contribution in [1.82, 2.24) is 35.3 Å². The lowest BCUT2D eigenvalue weighted by molar-refractivity contribution is -0.142. The van der Waals surface area contributed by atoms with Crippen LogP contribution in [0.25, 0.3) is 26.6 Å². The van der Waals surface area contributed by atoms with E-state index in [4.69, 9.17) is 21.3 Å². The van der Waals surface area contributed by atoms with Gasteiger partial charge in [-0.15, -0.1) is 32.9 Å². The summed E-state index contributed by atoms with van der Waals surface area (Å²) in [7, 11) is 1.36. The normalized spacial score (nSPS) is 16.7. The first-order valence-corrected chi connectivity index (χ1v) is 24.0. The van der Waals surface area contributed by atoms with E-state index in [-0.39, 0.29) is 24.3 Å². The lowest BCUT2D eigenvalue weighted by atomic mass is 9.85. The number of amides is 3. The number of fused-ring (bicyclic) bond motifs is 3. The Labute approximate surface area is 397 Å². The lowest BCUT2D eigenvalue weighted by Gasteiger charge is -2.35. The largest absolute Gasteiger partial charge is 0.469 e.